The summed E-state index contributed by atoms with van der Waals surface area (Å²) in [6.45, 7) is 0. The van der Waals surface area contributed by atoms with E-state index in [9.17, 15) is 0 Å². The lowest BCUT2D eigenvalue weighted by molar-refractivity contribution is 0.680. The summed E-state index contributed by atoms with van der Waals surface area (Å²) in [5, 5.41) is 0. The summed E-state index contributed by atoms with van der Waals surface area (Å²) in [5.41, 5.74) is 0. The largest absolute Gasteiger partial charge is 0.161 e. The quantitative estimate of drug-likeness (QED) is 0.147. The van der Waals surface area contributed by atoms with Crippen LogP contribution in [0.2, 0.25) is 0 Å². The molecule has 0 saturated carbocycles. The van der Waals surface area contributed by atoms with Gasteiger partial charge in [0.1, 0.15) is 14.1 Å². The van der Waals surface area contributed by atoms with Crippen LogP contribution in [0.4, 0.5) is 0 Å². The fraction of sp³-hybridized carbons (Fsp3) is 1.00. The summed E-state index contributed by atoms with van der Waals surface area (Å²) < 4.78 is -0.822. The zero-order valence-electron chi connectivity index (χ0n) is 13.2. The molecule has 0 N–H and O–H groups in total. The van der Waals surface area contributed by atoms with Crippen LogP contribution in [-0.4, -0.2) is 48.7 Å². The Labute approximate surface area is 210 Å². The molecule has 3 fully saturated rings. The molecular formula is C13H22S12. The molecule has 3 aliphatic heterocycles. The SMILES string of the molecule is SC(S)(SC(SC(S)(S)C1CSC1)SC(S)(S)C1CSC1)C1CSC1. The lowest BCUT2D eigenvalue weighted by Crippen LogP contribution is -2.39. The Hall–Kier alpha value is 4.20. The third kappa shape index (κ3) is 6.35. The van der Waals surface area contributed by atoms with Crippen LogP contribution in [0.25, 0.3) is 0 Å². The zero-order valence-corrected chi connectivity index (χ0v) is 23.5. The highest BCUT2D eigenvalue weighted by Crippen LogP contribution is 2.62. The van der Waals surface area contributed by atoms with Gasteiger partial charge in [-0.1, -0.05) is 0 Å². The second-order valence-electron chi connectivity index (χ2n) is 6.32. The van der Waals surface area contributed by atoms with Crippen LogP contribution >= 0.6 is 146 Å². The van der Waals surface area contributed by atoms with Gasteiger partial charge in [-0.3, -0.25) is 0 Å². The molecule has 0 spiro atoms. The molecule has 0 atom stereocenters. The molecule has 3 rings (SSSR count). The number of thioether (sulfide) groups is 6. The average Bonchev–Trinajstić information content (AvgIpc) is 2.14. The Bertz CT molecular complexity index is 387. The second-order valence-corrected chi connectivity index (χ2v) is 21.6. The molecule has 0 aliphatic carbocycles. The van der Waals surface area contributed by atoms with E-state index in [1.54, 1.807) is 0 Å². The molecule has 0 amide bonds. The summed E-state index contributed by atoms with van der Waals surface area (Å²) >= 11 is 40.8. The normalized spacial score (nSPS) is 24.1. The molecule has 3 saturated heterocycles. The van der Waals surface area contributed by atoms with Gasteiger partial charge in [0.05, 0.1) is 0 Å². The molecule has 0 nitrogen and oxygen atoms in total. The van der Waals surface area contributed by atoms with Crippen molar-refractivity contribution in [3.8, 4) is 0 Å². The first kappa shape index (κ1) is 23.9. The first-order valence-corrected chi connectivity index (χ1v) is 16.5. The molecule has 146 valence electrons. The first-order chi connectivity index (χ1) is 11.6. The van der Waals surface area contributed by atoms with E-state index < -0.39 is 0 Å². The van der Waals surface area contributed by atoms with Crippen molar-refractivity contribution in [3.05, 3.63) is 0 Å². The van der Waals surface area contributed by atoms with Crippen LogP contribution in [0, 0.1) is 17.8 Å². The lowest BCUT2D eigenvalue weighted by atomic mass is 10.2. The van der Waals surface area contributed by atoms with Crippen LogP contribution in [0.1, 0.15) is 0 Å². The van der Waals surface area contributed by atoms with E-state index in [-0.39, 0.29) is 14.1 Å². The minimum absolute atomic E-state index is 0.196. The topological polar surface area (TPSA) is 0 Å². The number of rotatable bonds is 9. The summed E-state index contributed by atoms with van der Waals surface area (Å²) in [4.78, 5) is 0. The van der Waals surface area contributed by atoms with Gasteiger partial charge in [-0.2, -0.15) is 111 Å². The van der Waals surface area contributed by atoms with Gasteiger partial charge in [-0.25, -0.2) is 0 Å². The molecule has 0 radical (unpaired) electrons. The molecule has 3 heterocycles. The summed E-state index contributed by atoms with van der Waals surface area (Å²) in [7, 11) is 0. The standard InChI is InChI=1S/C13H22S12/c14-11(15,7-1-20-2-7)23-10(24-12(16,17)8-3-21-4-8)25-13(18,19)9-5-22-6-9/h7-10,14-19H,1-6H2. The van der Waals surface area contributed by atoms with E-state index in [4.69, 9.17) is 75.8 Å². The van der Waals surface area contributed by atoms with Crippen LogP contribution in [0.3, 0.4) is 0 Å². The van der Waals surface area contributed by atoms with Crippen molar-refractivity contribution in [2.45, 2.75) is 14.1 Å². The summed E-state index contributed by atoms with van der Waals surface area (Å²) in [5.74, 6) is 8.42. The van der Waals surface area contributed by atoms with E-state index in [0.29, 0.717) is 17.8 Å². The Balaban J connectivity index is 1.68. The molecule has 25 heavy (non-hydrogen) atoms. The lowest BCUT2D eigenvalue weighted by Gasteiger charge is -2.45. The summed E-state index contributed by atoms with van der Waals surface area (Å²) in [6, 6.07) is 0. The fourth-order valence-corrected chi connectivity index (χ4v) is 18.0. The maximum absolute atomic E-state index is 4.91. The van der Waals surface area contributed by atoms with Crippen LogP contribution < -0.4 is 0 Å². The van der Waals surface area contributed by atoms with Gasteiger partial charge in [0, 0.05) is 17.8 Å². The van der Waals surface area contributed by atoms with E-state index in [0.717, 1.165) is 34.5 Å². The third-order valence-electron chi connectivity index (χ3n) is 4.32. The van der Waals surface area contributed by atoms with Gasteiger partial charge in [-0.05, 0) is 34.5 Å². The van der Waals surface area contributed by atoms with Crippen molar-refractivity contribution >= 4 is 146 Å². The van der Waals surface area contributed by atoms with Crippen molar-refractivity contribution in [2.75, 3.05) is 34.5 Å². The van der Waals surface area contributed by atoms with Gasteiger partial charge in [0.25, 0.3) is 0 Å². The maximum Gasteiger partial charge on any atom is 0.107 e. The van der Waals surface area contributed by atoms with E-state index >= 15 is 0 Å². The highest BCUT2D eigenvalue weighted by atomic mass is 32.3. The van der Waals surface area contributed by atoms with Gasteiger partial charge in [0.2, 0.25) is 0 Å². The van der Waals surface area contributed by atoms with Gasteiger partial charge in [0.15, 0.2) is 0 Å². The Morgan fingerprint density at radius 2 is 0.800 bits per heavy atom. The number of thiol groups is 6. The molecule has 3 aliphatic rings. The summed E-state index contributed by atoms with van der Waals surface area (Å²) in [6.07, 6.45) is 0. The minimum Gasteiger partial charge on any atom is -0.161 e. The molecule has 0 bridgehead atoms. The Morgan fingerprint density at radius 1 is 0.560 bits per heavy atom. The van der Waals surface area contributed by atoms with Crippen molar-refractivity contribution < 1.29 is 0 Å². The van der Waals surface area contributed by atoms with Crippen molar-refractivity contribution in [1.82, 2.24) is 0 Å². The molecule has 0 aromatic carbocycles. The van der Waals surface area contributed by atoms with E-state index in [2.05, 4.69) is 0 Å². The molecule has 0 aromatic rings. The fourth-order valence-electron chi connectivity index (χ4n) is 2.14. The van der Waals surface area contributed by atoms with Gasteiger partial charge in [-0.15, -0.1) is 35.3 Å². The highest BCUT2D eigenvalue weighted by Gasteiger charge is 2.47. The zero-order chi connectivity index (χ0) is 18.3. The second kappa shape index (κ2) is 9.77. The third-order valence-corrected chi connectivity index (χ3v) is 16.6. The Morgan fingerprint density at radius 3 is 0.960 bits per heavy atom. The number of hydrogen-bond donors (Lipinski definition) is 6. The number of hydrogen-bond acceptors (Lipinski definition) is 12. The molecular weight excluding hydrogens is 541 g/mol. The molecule has 12 heteroatoms. The van der Waals surface area contributed by atoms with Crippen LogP contribution in [0.5, 0.6) is 0 Å². The van der Waals surface area contributed by atoms with E-state index in [1.807, 2.05) is 70.6 Å². The predicted molar refractivity (Wildman–Crippen MR) is 151 cm³/mol. The first-order valence-electron chi connectivity index (χ1n) is 7.71. The molecule has 0 unspecified atom stereocenters. The highest BCUT2D eigenvalue weighted by molar-refractivity contribution is 8.44. The average molecular weight is 563 g/mol. The monoisotopic (exact) mass is 562 g/mol. The minimum atomic E-state index is -0.339. The predicted octanol–water partition coefficient (Wildman–Crippen LogP) is 6.10. The van der Waals surface area contributed by atoms with Crippen molar-refractivity contribution in [2.24, 2.45) is 17.8 Å². The van der Waals surface area contributed by atoms with Crippen LogP contribution in [0.15, 0.2) is 0 Å². The van der Waals surface area contributed by atoms with E-state index in [1.165, 1.54) is 0 Å². The van der Waals surface area contributed by atoms with Gasteiger partial charge >= 0.3 is 0 Å². The van der Waals surface area contributed by atoms with Crippen molar-refractivity contribution in [1.29, 1.82) is 0 Å². The molecule has 0 aromatic heterocycles. The smallest absolute Gasteiger partial charge is 0.107 e. The van der Waals surface area contributed by atoms with Gasteiger partial charge < -0.3 is 0 Å². The van der Waals surface area contributed by atoms with Crippen LogP contribution in [-0.2, 0) is 0 Å². The van der Waals surface area contributed by atoms with Crippen molar-refractivity contribution in [3.63, 3.8) is 0 Å². The maximum atomic E-state index is 4.91. The Kier molecular flexibility index (Phi) is 9.33.